The molecule has 6 rings (SSSR count). The average molecular weight is 609 g/mol. The molecule has 42 heavy (non-hydrogen) atoms. The maximum absolute atomic E-state index is 13.0. The number of fused-ring (bicyclic) bond motifs is 1. The number of aromatic nitrogens is 2. The quantitative estimate of drug-likeness (QED) is 0.226. The van der Waals surface area contributed by atoms with Crippen molar-refractivity contribution < 1.29 is 19.1 Å². The zero-order valence-electron chi connectivity index (χ0n) is 23.4. The first kappa shape index (κ1) is 28.6. The van der Waals surface area contributed by atoms with Crippen molar-refractivity contribution in [3.8, 4) is 11.5 Å². The molecule has 0 bridgehead atoms. The highest BCUT2D eigenvalue weighted by Crippen LogP contribution is 2.33. The standard InChI is InChI=1S/C30H33ClN6O4S/c1-21-17-36(13-14-37(21)29(39)23-5-3-2-4-6-23)27-16-26(31)32-30(33-27)42-19-28(38)35-11-9-34(10-12-35)18-22-7-8-24-25(15-22)41-20-40-24/h2-8,15-16,21H,9-14,17-20H2,1H3. The zero-order chi connectivity index (χ0) is 29.1. The molecular formula is C30H33ClN6O4S. The lowest BCUT2D eigenvalue weighted by atomic mass is 10.1. The van der Waals surface area contributed by atoms with E-state index in [9.17, 15) is 9.59 Å². The summed E-state index contributed by atoms with van der Waals surface area (Å²) in [5.74, 6) is 2.63. The smallest absolute Gasteiger partial charge is 0.254 e. The number of piperazine rings is 2. The Hall–Kier alpha value is -3.54. The number of nitrogens with zero attached hydrogens (tertiary/aromatic N) is 6. The first-order valence-electron chi connectivity index (χ1n) is 14.1. The zero-order valence-corrected chi connectivity index (χ0v) is 25.0. The van der Waals surface area contributed by atoms with Gasteiger partial charge < -0.3 is 24.2 Å². The lowest BCUT2D eigenvalue weighted by Crippen LogP contribution is -2.54. The minimum atomic E-state index is 0.00147. The van der Waals surface area contributed by atoms with Crippen LogP contribution in [-0.2, 0) is 11.3 Å². The van der Waals surface area contributed by atoms with Crippen molar-refractivity contribution in [2.45, 2.75) is 24.7 Å². The van der Waals surface area contributed by atoms with Gasteiger partial charge in [0, 0.05) is 70.0 Å². The highest BCUT2D eigenvalue weighted by Gasteiger charge is 2.29. The average Bonchev–Trinajstić information content (AvgIpc) is 3.48. The summed E-state index contributed by atoms with van der Waals surface area (Å²) in [5, 5.41) is 0.810. The van der Waals surface area contributed by atoms with Crippen LogP contribution in [0.15, 0.2) is 59.8 Å². The summed E-state index contributed by atoms with van der Waals surface area (Å²) in [6.45, 7) is 7.93. The second-order valence-electron chi connectivity index (χ2n) is 10.6. The van der Waals surface area contributed by atoms with E-state index < -0.39 is 0 Å². The lowest BCUT2D eigenvalue weighted by Gasteiger charge is -2.40. The van der Waals surface area contributed by atoms with E-state index in [1.807, 2.05) is 59.2 Å². The maximum Gasteiger partial charge on any atom is 0.254 e. The van der Waals surface area contributed by atoms with Crippen molar-refractivity contribution in [2.24, 2.45) is 0 Å². The molecular weight excluding hydrogens is 576 g/mol. The van der Waals surface area contributed by atoms with E-state index in [4.69, 9.17) is 26.1 Å². The molecule has 0 N–H and O–H groups in total. The van der Waals surface area contributed by atoms with Crippen LogP contribution in [0.1, 0.15) is 22.8 Å². The van der Waals surface area contributed by atoms with E-state index in [0.717, 1.165) is 31.1 Å². The molecule has 220 valence electrons. The van der Waals surface area contributed by atoms with Gasteiger partial charge in [0.15, 0.2) is 16.7 Å². The molecule has 12 heteroatoms. The first-order valence-corrected chi connectivity index (χ1v) is 15.5. The van der Waals surface area contributed by atoms with E-state index in [0.29, 0.717) is 54.4 Å². The molecule has 3 aliphatic heterocycles. The van der Waals surface area contributed by atoms with Gasteiger partial charge in [-0.2, -0.15) is 0 Å². The number of benzene rings is 2. The van der Waals surface area contributed by atoms with Crippen LogP contribution >= 0.6 is 23.4 Å². The third-order valence-corrected chi connectivity index (χ3v) is 8.81. The Bertz CT molecular complexity index is 1440. The molecule has 10 nitrogen and oxygen atoms in total. The fourth-order valence-corrected chi connectivity index (χ4v) is 6.48. The number of rotatable bonds is 7. The van der Waals surface area contributed by atoms with E-state index in [1.54, 1.807) is 6.07 Å². The lowest BCUT2D eigenvalue weighted by molar-refractivity contribution is -0.130. The minimum Gasteiger partial charge on any atom is -0.454 e. The van der Waals surface area contributed by atoms with Gasteiger partial charge in [-0.25, -0.2) is 9.97 Å². The van der Waals surface area contributed by atoms with Crippen LogP contribution in [0.2, 0.25) is 5.15 Å². The number of anilines is 1. The van der Waals surface area contributed by atoms with E-state index in [-0.39, 0.29) is 30.4 Å². The molecule has 3 aliphatic rings. The largest absolute Gasteiger partial charge is 0.454 e. The summed E-state index contributed by atoms with van der Waals surface area (Å²) >= 11 is 7.68. The number of thioether (sulfide) groups is 1. The van der Waals surface area contributed by atoms with Crippen LogP contribution in [0.3, 0.4) is 0 Å². The molecule has 1 unspecified atom stereocenters. The van der Waals surface area contributed by atoms with Gasteiger partial charge in [-0.05, 0) is 36.8 Å². The summed E-state index contributed by atoms with van der Waals surface area (Å²) < 4.78 is 10.9. The van der Waals surface area contributed by atoms with Crippen LogP contribution in [-0.4, -0.2) is 101 Å². The molecule has 0 aliphatic carbocycles. The second-order valence-corrected chi connectivity index (χ2v) is 12.0. The van der Waals surface area contributed by atoms with Gasteiger partial charge in [-0.15, -0.1) is 0 Å². The van der Waals surface area contributed by atoms with Crippen LogP contribution in [0.5, 0.6) is 11.5 Å². The molecule has 1 atom stereocenters. The Morgan fingerprint density at radius 3 is 2.52 bits per heavy atom. The number of carbonyl (C=O) groups is 2. The summed E-state index contributed by atoms with van der Waals surface area (Å²) in [6, 6.07) is 17.1. The maximum atomic E-state index is 13.0. The SMILES string of the molecule is CC1CN(c2cc(Cl)nc(SCC(=O)N3CCN(Cc4ccc5c(c4)OCO5)CC3)n2)CCN1C(=O)c1ccccc1. The van der Waals surface area contributed by atoms with Gasteiger partial charge in [0.2, 0.25) is 12.7 Å². The van der Waals surface area contributed by atoms with E-state index in [2.05, 4.69) is 20.9 Å². The summed E-state index contributed by atoms with van der Waals surface area (Å²) in [5.41, 5.74) is 1.86. The predicted octanol–water partition coefficient (Wildman–Crippen LogP) is 3.65. The highest BCUT2D eigenvalue weighted by molar-refractivity contribution is 7.99. The van der Waals surface area contributed by atoms with E-state index in [1.165, 1.54) is 17.3 Å². The van der Waals surface area contributed by atoms with Gasteiger partial charge >= 0.3 is 0 Å². The minimum absolute atomic E-state index is 0.00147. The summed E-state index contributed by atoms with van der Waals surface area (Å²) in [4.78, 5) is 43.3. The molecule has 2 aromatic carbocycles. The Balaban J connectivity index is 0.990. The summed E-state index contributed by atoms with van der Waals surface area (Å²) in [6.07, 6.45) is 0. The van der Waals surface area contributed by atoms with Crippen LogP contribution < -0.4 is 14.4 Å². The Labute approximate surface area is 254 Å². The molecule has 0 spiro atoms. The third-order valence-electron chi connectivity index (χ3n) is 7.79. The number of ether oxygens (including phenoxy) is 2. The predicted molar refractivity (Wildman–Crippen MR) is 161 cm³/mol. The van der Waals surface area contributed by atoms with Crippen molar-refractivity contribution >= 4 is 41.0 Å². The van der Waals surface area contributed by atoms with Crippen molar-refractivity contribution in [1.29, 1.82) is 0 Å². The Kier molecular flexibility index (Phi) is 8.68. The van der Waals surface area contributed by atoms with Gasteiger partial charge in [0.1, 0.15) is 11.0 Å². The highest BCUT2D eigenvalue weighted by atomic mass is 35.5. The number of halogens is 1. The molecule has 2 saturated heterocycles. The van der Waals surface area contributed by atoms with Gasteiger partial charge in [0.05, 0.1) is 5.75 Å². The molecule has 2 amide bonds. The van der Waals surface area contributed by atoms with Gasteiger partial charge in [-0.1, -0.05) is 47.6 Å². The number of amides is 2. The molecule has 0 saturated carbocycles. The van der Waals surface area contributed by atoms with Crippen molar-refractivity contribution in [3.05, 3.63) is 70.9 Å². The number of hydrogen-bond acceptors (Lipinski definition) is 9. The monoisotopic (exact) mass is 608 g/mol. The Morgan fingerprint density at radius 1 is 0.952 bits per heavy atom. The Morgan fingerprint density at radius 2 is 1.74 bits per heavy atom. The molecule has 4 heterocycles. The first-order chi connectivity index (χ1) is 20.4. The normalized spacial score (nSPS) is 18.8. The topological polar surface area (TPSA) is 91.3 Å². The van der Waals surface area contributed by atoms with Crippen LogP contribution in [0.4, 0.5) is 5.82 Å². The van der Waals surface area contributed by atoms with Gasteiger partial charge in [-0.3, -0.25) is 14.5 Å². The van der Waals surface area contributed by atoms with Crippen LogP contribution in [0, 0.1) is 0 Å². The summed E-state index contributed by atoms with van der Waals surface area (Å²) in [7, 11) is 0. The van der Waals surface area contributed by atoms with Crippen molar-refractivity contribution in [2.75, 3.05) is 63.3 Å². The number of hydrogen-bond donors (Lipinski definition) is 0. The number of carbonyl (C=O) groups excluding carboxylic acids is 2. The molecule has 3 aromatic rings. The van der Waals surface area contributed by atoms with E-state index >= 15 is 0 Å². The van der Waals surface area contributed by atoms with Crippen molar-refractivity contribution in [1.82, 2.24) is 24.7 Å². The fraction of sp³-hybridized carbons (Fsp3) is 0.400. The third kappa shape index (κ3) is 6.58. The second kappa shape index (κ2) is 12.8. The fourth-order valence-electron chi connectivity index (χ4n) is 5.50. The van der Waals surface area contributed by atoms with Gasteiger partial charge in [0.25, 0.3) is 5.91 Å². The molecule has 1 aromatic heterocycles. The molecule has 2 fully saturated rings. The van der Waals surface area contributed by atoms with Crippen molar-refractivity contribution in [3.63, 3.8) is 0 Å². The van der Waals surface area contributed by atoms with Crippen LogP contribution in [0.25, 0.3) is 0 Å². The molecule has 0 radical (unpaired) electrons.